The average molecular weight is 411 g/mol. The third kappa shape index (κ3) is 5.17. The Balaban J connectivity index is 1.66. The molecule has 2 heterocycles. The molecule has 1 aromatic carbocycles. The summed E-state index contributed by atoms with van der Waals surface area (Å²) in [6.45, 7) is 5.54. The molecule has 2 aliphatic rings. The lowest BCUT2D eigenvalue weighted by molar-refractivity contribution is -0.123. The van der Waals surface area contributed by atoms with Gasteiger partial charge in [0, 0.05) is 12.5 Å². The van der Waals surface area contributed by atoms with Crippen molar-refractivity contribution >= 4 is 15.7 Å². The van der Waals surface area contributed by atoms with Crippen LogP contribution in [-0.4, -0.2) is 63.6 Å². The fraction of sp³-hybridized carbons (Fsp3) is 0.650. The van der Waals surface area contributed by atoms with Crippen molar-refractivity contribution < 1.29 is 22.7 Å². The first-order valence-corrected chi connectivity index (χ1v) is 11.7. The third-order valence-corrected chi connectivity index (χ3v) is 7.09. The topological polar surface area (TPSA) is 84.9 Å². The first-order valence-electron chi connectivity index (χ1n) is 9.85. The third-order valence-electron chi connectivity index (χ3n) is 5.34. The second-order valence-electron chi connectivity index (χ2n) is 8.02. The van der Waals surface area contributed by atoms with Gasteiger partial charge in [-0.25, -0.2) is 8.42 Å². The van der Waals surface area contributed by atoms with Crippen LogP contribution in [0.5, 0.6) is 11.5 Å². The van der Waals surface area contributed by atoms with Crippen molar-refractivity contribution in [3.63, 3.8) is 0 Å². The second-order valence-corrected chi connectivity index (χ2v) is 10.2. The summed E-state index contributed by atoms with van der Waals surface area (Å²) in [7, 11) is -1.16. The van der Waals surface area contributed by atoms with E-state index in [9.17, 15) is 13.2 Å². The predicted octanol–water partition coefficient (Wildman–Crippen LogP) is 1.78. The normalized spacial score (nSPS) is 22.1. The molecule has 156 valence electrons. The van der Waals surface area contributed by atoms with E-state index in [4.69, 9.17) is 9.47 Å². The number of rotatable bonds is 6. The Morgan fingerprint density at radius 1 is 1.25 bits per heavy atom. The fourth-order valence-electron chi connectivity index (χ4n) is 3.71. The molecule has 3 rings (SSSR count). The van der Waals surface area contributed by atoms with Crippen LogP contribution in [0.2, 0.25) is 0 Å². The summed E-state index contributed by atoms with van der Waals surface area (Å²) < 4.78 is 34.8. The minimum absolute atomic E-state index is 0.0914. The van der Waals surface area contributed by atoms with E-state index in [0.29, 0.717) is 25.4 Å². The van der Waals surface area contributed by atoms with Gasteiger partial charge in [0.25, 0.3) is 0 Å². The number of benzene rings is 1. The molecule has 1 aromatic rings. The van der Waals surface area contributed by atoms with Crippen LogP contribution in [0.4, 0.5) is 0 Å². The predicted molar refractivity (Wildman–Crippen MR) is 107 cm³/mol. The summed E-state index contributed by atoms with van der Waals surface area (Å²) in [6.07, 6.45) is 1.43. The second kappa shape index (κ2) is 8.69. The Kier molecular flexibility index (Phi) is 6.50. The minimum Gasteiger partial charge on any atom is -0.490 e. The average Bonchev–Trinajstić information content (AvgIpc) is 2.85. The van der Waals surface area contributed by atoms with Gasteiger partial charge in [0.15, 0.2) is 21.3 Å². The van der Waals surface area contributed by atoms with E-state index in [2.05, 4.69) is 19.2 Å². The highest BCUT2D eigenvalue weighted by Gasteiger charge is 2.31. The van der Waals surface area contributed by atoms with Gasteiger partial charge in [-0.3, -0.25) is 9.69 Å². The number of likely N-dealkylation sites (N-methyl/N-ethyl adjacent to an activating group) is 1. The standard InChI is InChI=1S/C20H30N2O5S/c1-14(2)20(15-5-6-17-18(11-15)27-9-4-8-26-17)21-19(23)12-22(3)16-7-10-28(24,25)13-16/h5-6,11,14,16,20H,4,7-10,12-13H2,1-3H3,(H,21,23)/t16-,20-/m0/s1. The van der Waals surface area contributed by atoms with Gasteiger partial charge in [0.1, 0.15) is 0 Å². The van der Waals surface area contributed by atoms with Crippen molar-refractivity contribution in [2.24, 2.45) is 5.92 Å². The molecule has 8 heteroatoms. The Morgan fingerprint density at radius 2 is 1.96 bits per heavy atom. The lowest BCUT2D eigenvalue weighted by atomic mass is 9.95. The van der Waals surface area contributed by atoms with Crippen molar-refractivity contribution in [1.82, 2.24) is 10.2 Å². The van der Waals surface area contributed by atoms with Crippen LogP contribution in [-0.2, 0) is 14.6 Å². The van der Waals surface area contributed by atoms with Gasteiger partial charge in [-0.2, -0.15) is 0 Å². The van der Waals surface area contributed by atoms with Crippen LogP contribution in [0.1, 0.15) is 38.3 Å². The zero-order valence-electron chi connectivity index (χ0n) is 16.8. The Hall–Kier alpha value is -1.80. The molecular formula is C20H30N2O5S. The van der Waals surface area contributed by atoms with Crippen LogP contribution in [0.25, 0.3) is 0 Å². The number of carbonyl (C=O) groups is 1. The smallest absolute Gasteiger partial charge is 0.234 e. The summed E-state index contributed by atoms with van der Waals surface area (Å²) in [4.78, 5) is 14.5. The van der Waals surface area contributed by atoms with Gasteiger partial charge in [-0.15, -0.1) is 0 Å². The number of sulfone groups is 1. The van der Waals surface area contributed by atoms with Crippen LogP contribution in [0, 0.1) is 5.92 Å². The van der Waals surface area contributed by atoms with E-state index in [0.717, 1.165) is 17.7 Å². The maximum absolute atomic E-state index is 12.6. The molecule has 0 unspecified atom stereocenters. The van der Waals surface area contributed by atoms with Crippen molar-refractivity contribution in [2.75, 3.05) is 38.3 Å². The molecule has 2 aliphatic heterocycles. The molecule has 7 nitrogen and oxygen atoms in total. The molecule has 2 atom stereocenters. The van der Waals surface area contributed by atoms with Crippen LogP contribution in [0.3, 0.4) is 0 Å². The molecule has 0 radical (unpaired) electrons. The zero-order chi connectivity index (χ0) is 20.3. The largest absolute Gasteiger partial charge is 0.490 e. The molecule has 28 heavy (non-hydrogen) atoms. The number of amides is 1. The number of fused-ring (bicyclic) bond motifs is 1. The van der Waals surface area contributed by atoms with Crippen LogP contribution >= 0.6 is 0 Å². The molecule has 0 saturated carbocycles. The number of nitrogens with zero attached hydrogens (tertiary/aromatic N) is 1. The fourth-order valence-corrected chi connectivity index (χ4v) is 5.51. The van der Waals surface area contributed by atoms with Crippen molar-refractivity contribution in [2.45, 2.75) is 38.8 Å². The molecular weight excluding hydrogens is 380 g/mol. The molecule has 0 aliphatic carbocycles. The number of hydrogen-bond donors (Lipinski definition) is 1. The summed E-state index contributed by atoms with van der Waals surface area (Å²) in [6, 6.07) is 5.55. The van der Waals surface area contributed by atoms with E-state index >= 15 is 0 Å². The van der Waals surface area contributed by atoms with E-state index in [1.54, 1.807) is 0 Å². The summed E-state index contributed by atoms with van der Waals surface area (Å²) >= 11 is 0. The highest BCUT2D eigenvalue weighted by molar-refractivity contribution is 7.91. The Labute approximate surface area is 167 Å². The van der Waals surface area contributed by atoms with Gasteiger partial charge in [-0.1, -0.05) is 19.9 Å². The SMILES string of the molecule is CC(C)[C@H](NC(=O)CN(C)[C@H]1CCS(=O)(=O)C1)c1ccc2c(c1)OCCCO2. The first kappa shape index (κ1) is 20.9. The summed E-state index contributed by atoms with van der Waals surface area (Å²) in [5.41, 5.74) is 0.971. The lowest BCUT2D eigenvalue weighted by Crippen LogP contribution is -2.43. The minimum atomic E-state index is -2.97. The molecule has 1 amide bonds. The Bertz CT molecular complexity index is 809. The maximum Gasteiger partial charge on any atom is 0.234 e. The van der Waals surface area contributed by atoms with Gasteiger partial charge < -0.3 is 14.8 Å². The van der Waals surface area contributed by atoms with E-state index in [1.807, 2.05) is 30.1 Å². The van der Waals surface area contributed by atoms with Crippen molar-refractivity contribution in [1.29, 1.82) is 0 Å². The van der Waals surface area contributed by atoms with Gasteiger partial charge >= 0.3 is 0 Å². The lowest BCUT2D eigenvalue weighted by Gasteiger charge is -2.27. The first-order chi connectivity index (χ1) is 13.2. The van der Waals surface area contributed by atoms with Crippen molar-refractivity contribution in [3.05, 3.63) is 23.8 Å². The van der Waals surface area contributed by atoms with Crippen molar-refractivity contribution in [3.8, 4) is 11.5 Å². The molecule has 0 aromatic heterocycles. The molecule has 0 bridgehead atoms. The number of carbonyl (C=O) groups excluding carboxylic acids is 1. The molecule has 1 fully saturated rings. The Morgan fingerprint density at radius 3 is 2.61 bits per heavy atom. The highest BCUT2D eigenvalue weighted by atomic mass is 32.2. The monoisotopic (exact) mass is 410 g/mol. The van der Waals surface area contributed by atoms with Gasteiger partial charge in [-0.05, 0) is 37.1 Å². The van der Waals surface area contributed by atoms with Crippen LogP contribution < -0.4 is 14.8 Å². The summed E-state index contributed by atoms with van der Waals surface area (Å²) in [5, 5.41) is 3.10. The molecule has 1 saturated heterocycles. The zero-order valence-corrected chi connectivity index (χ0v) is 17.6. The number of ether oxygens (including phenoxy) is 2. The van der Waals surface area contributed by atoms with Gasteiger partial charge in [0.05, 0.1) is 37.3 Å². The maximum atomic E-state index is 12.6. The number of hydrogen-bond acceptors (Lipinski definition) is 6. The van der Waals surface area contributed by atoms with E-state index in [1.165, 1.54) is 0 Å². The summed E-state index contributed by atoms with van der Waals surface area (Å²) in [5.74, 6) is 1.85. The molecule has 0 spiro atoms. The number of nitrogens with one attached hydrogen (secondary N) is 1. The van der Waals surface area contributed by atoms with E-state index in [-0.39, 0.29) is 42.0 Å². The quantitative estimate of drug-likeness (QED) is 0.770. The van der Waals surface area contributed by atoms with Gasteiger partial charge in [0.2, 0.25) is 5.91 Å². The highest BCUT2D eigenvalue weighted by Crippen LogP contribution is 2.34. The van der Waals surface area contributed by atoms with Crippen LogP contribution in [0.15, 0.2) is 18.2 Å². The van der Waals surface area contributed by atoms with E-state index < -0.39 is 9.84 Å². The molecule has 1 N–H and O–H groups in total.